The highest BCUT2D eigenvalue weighted by molar-refractivity contribution is 8.00. The fourth-order valence-electron chi connectivity index (χ4n) is 5.20. The molecule has 3 heterocycles. The van der Waals surface area contributed by atoms with Crippen LogP contribution in [0.4, 0.5) is 5.13 Å². The number of Topliss-reactive ketones (excluding diaryl/α,β-unsaturated/α-hetero) is 1. The molecule has 10 heteroatoms. The first-order chi connectivity index (χ1) is 20.3. The molecule has 0 bridgehead atoms. The number of carbonyl (C=O) groups is 2. The molecule has 1 amide bonds. The van der Waals surface area contributed by atoms with Gasteiger partial charge >= 0.3 is 5.91 Å². The maximum absolute atomic E-state index is 13.6. The molecule has 0 spiro atoms. The number of benzene rings is 3. The highest BCUT2D eigenvalue weighted by Gasteiger charge is 2.48. The van der Waals surface area contributed by atoms with E-state index in [-0.39, 0.29) is 22.6 Å². The van der Waals surface area contributed by atoms with Crippen LogP contribution in [-0.4, -0.2) is 39.7 Å². The topological polar surface area (TPSA) is 102 Å². The van der Waals surface area contributed by atoms with Crippen molar-refractivity contribution in [1.82, 2.24) is 10.2 Å². The Morgan fingerprint density at radius 3 is 2.71 bits per heavy atom. The molecule has 8 nitrogen and oxygen atoms in total. The van der Waals surface area contributed by atoms with Crippen molar-refractivity contribution in [3.63, 3.8) is 0 Å². The van der Waals surface area contributed by atoms with Gasteiger partial charge in [-0.3, -0.25) is 14.5 Å². The maximum atomic E-state index is 13.6. The first-order valence-corrected chi connectivity index (χ1v) is 15.5. The molecular weight excluding hydrogens is 571 g/mol. The average Bonchev–Trinajstić information content (AvgIpc) is 3.67. The molecule has 214 valence electrons. The number of fused-ring (bicyclic) bond motifs is 1. The number of anilines is 1. The summed E-state index contributed by atoms with van der Waals surface area (Å²) in [7, 11) is 0. The number of aliphatic hydroxyl groups is 1. The van der Waals surface area contributed by atoms with Gasteiger partial charge in [-0.15, -0.1) is 10.2 Å². The Morgan fingerprint density at radius 1 is 1.12 bits per heavy atom. The second-order valence-electron chi connectivity index (χ2n) is 10.3. The van der Waals surface area contributed by atoms with E-state index in [1.807, 2.05) is 39.0 Å². The summed E-state index contributed by atoms with van der Waals surface area (Å²) in [5.74, 6) is 0.236. The predicted octanol–water partition coefficient (Wildman–Crippen LogP) is 6.49. The van der Waals surface area contributed by atoms with Crippen molar-refractivity contribution in [3.8, 4) is 11.5 Å². The number of ketones is 1. The molecular formula is C32H29N3O5S2. The molecule has 2 aliphatic heterocycles. The number of aromatic nitrogens is 2. The van der Waals surface area contributed by atoms with Crippen molar-refractivity contribution in [2.45, 2.75) is 49.4 Å². The first kappa shape index (κ1) is 28.0. The van der Waals surface area contributed by atoms with Crippen LogP contribution in [0.15, 0.2) is 76.6 Å². The minimum Gasteiger partial charge on any atom is -0.507 e. The van der Waals surface area contributed by atoms with Crippen LogP contribution in [0.1, 0.15) is 47.7 Å². The summed E-state index contributed by atoms with van der Waals surface area (Å²) >= 11 is 2.75. The monoisotopic (exact) mass is 599 g/mol. The molecule has 2 atom stereocenters. The number of nitrogens with zero attached hydrogens (tertiary/aromatic N) is 3. The van der Waals surface area contributed by atoms with Crippen molar-refractivity contribution in [2.24, 2.45) is 0 Å². The Balaban J connectivity index is 1.39. The van der Waals surface area contributed by atoms with Gasteiger partial charge in [0.15, 0.2) is 4.34 Å². The van der Waals surface area contributed by atoms with E-state index in [2.05, 4.69) is 34.5 Å². The number of carbonyl (C=O) groups excluding carboxylic acids is 2. The molecule has 0 radical (unpaired) electrons. The van der Waals surface area contributed by atoms with Crippen LogP contribution in [0.5, 0.6) is 11.5 Å². The average molecular weight is 600 g/mol. The third kappa shape index (κ3) is 5.39. The van der Waals surface area contributed by atoms with E-state index in [0.29, 0.717) is 40.0 Å². The van der Waals surface area contributed by atoms with E-state index in [1.165, 1.54) is 33.6 Å². The second-order valence-corrected chi connectivity index (χ2v) is 12.4. The zero-order chi connectivity index (χ0) is 29.4. The number of ether oxygens (including phenoxy) is 2. The Bertz CT molecular complexity index is 1700. The Hall–Kier alpha value is -4.15. The molecule has 1 aromatic heterocycles. The molecule has 1 fully saturated rings. The van der Waals surface area contributed by atoms with Crippen LogP contribution in [0.2, 0.25) is 0 Å². The molecule has 0 unspecified atom stereocenters. The van der Waals surface area contributed by atoms with Crippen LogP contribution in [0.25, 0.3) is 5.76 Å². The Morgan fingerprint density at radius 2 is 1.93 bits per heavy atom. The van der Waals surface area contributed by atoms with Crippen molar-refractivity contribution in [2.75, 3.05) is 11.5 Å². The van der Waals surface area contributed by atoms with Crippen LogP contribution in [-0.2, 0) is 21.8 Å². The molecule has 0 saturated carbocycles. The van der Waals surface area contributed by atoms with Gasteiger partial charge in [-0.25, -0.2) is 0 Å². The standard InChI is InChI=1S/C32H29N3O5S2/c1-4-39-24-7-5-6-21(16-24)27-26(28(36)22-12-13-25-23(15-22)14-19(3)40-25)29(37)30(38)35(27)31-33-34-32(42-31)41-17-20-10-8-18(2)9-11-20/h5-13,15-16,19,27,36H,4,14,17H2,1-3H3/t19-,27-/m1/s1. The summed E-state index contributed by atoms with van der Waals surface area (Å²) in [5.41, 5.74) is 4.32. The summed E-state index contributed by atoms with van der Waals surface area (Å²) in [4.78, 5) is 28.6. The van der Waals surface area contributed by atoms with Crippen molar-refractivity contribution >= 4 is 45.7 Å². The summed E-state index contributed by atoms with van der Waals surface area (Å²) in [6.45, 7) is 6.36. The van der Waals surface area contributed by atoms with Gasteiger partial charge in [-0.1, -0.05) is 65.1 Å². The van der Waals surface area contributed by atoms with E-state index >= 15 is 0 Å². The number of amides is 1. The van der Waals surface area contributed by atoms with Gasteiger partial charge in [0.25, 0.3) is 5.78 Å². The van der Waals surface area contributed by atoms with Crippen molar-refractivity contribution in [3.05, 3.63) is 100 Å². The quantitative estimate of drug-likeness (QED) is 0.0807. The zero-order valence-corrected chi connectivity index (χ0v) is 25.0. The van der Waals surface area contributed by atoms with Gasteiger partial charge in [0.1, 0.15) is 23.4 Å². The molecule has 42 heavy (non-hydrogen) atoms. The molecule has 3 aromatic carbocycles. The smallest absolute Gasteiger partial charge is 0.301 e. The van der Waals surface area contributed by atoms with Gasteiger partial charge < -0.3 is 14.6 Å². The molecule has 6 rings (SSSR count). The van der Waals surface area contributed by atoms with Crippen molar-refractivity contribution < 1.29 is 24.2 Å². The summed E-state index contributed by atoms with van der Waals surface area (Å²) < 4.78 is 12.2. The van der Waals surface area contributed by atoms with Gasteiger partial charge in [-0.2, -0.15) is 0 Å². The lowest BCUT2D eigenvalue weighted by atomic mass is 9.94. The SMILES string of the molecule is CCOc1cccc([C@@H]2C(=C(O)c3ccc4c(c3)C[C@@H](C)O4)C(=O)C(=O)N2c2nnc(SCc3ccc(C)cc3)s2)c1. The van der Waals surface area contributed by atoms with Gasteiger partial charge in [0, 0.05) is 17.7 Å². The number of aliphatic hydroxyl groups excluding tert-OH is 1. The number of rotatable bonds is 8. The third-order valence-electron chi connectivity index (χ3n) is 7.18. The molecule has 2 aliphatic rings. The highest BCUT2D eigenvalue weighted by Crippen LogP contribution is 2.45. The lowest BCUT2D eigenvalue weighted by molar-refractivity contribution is -0.132. The molecule has 0 aliphatic carbocycles. The fraction of sp³-hybridized carbons (Fsp3) is 0.250. The van der Waals surface area contributed by atoms with E-state index in [9.17, 15) is 14.7 Å². The Kier molecular flexibility index (Phi) is 7.74. The number of aryl methyl sites for hydroxylation is 1. The van der Waals surface area contributed by atoms with E-state index < -0.39 is 17.7 Å². The Labute approximate surface area is 252 Å². The minimum absolute atomic E-state index is 0.00961. The van der Waals surface area contributed by atoms with E-state index in [0.717, 1.165) is 16.9 Å². The molecule has 4 aromatic rings. The van der Waals surface area contributed by atoms with Crippen LogP contribution >= 0.6 is 23.1 Å². The predicted molar refractivity (Wildman–Crippen MR) is 163 cm³/mol. The summed E-state index contributed by atoms with van der Waals surface area (Å²) in [5, 5.41) is 20.5. The second kappa shape index (κ2) is 11.6. The van der Waals surface area contributed by atoms with Crippen LogP contribution < -0.4 is 14.4 Å². The highest BCUT2D eigenvalue weighted by atomic mass is 32.2. The number of thioether (sulfide) groups is 1. The minimum atomic E-state index is -0.920. The van der Waals surface area contributed by atoms with Gasteiger partial charge in [-0.05, 0) is 67.8 Å². The fourth-order valence-corrected chi connectivity index (χ4v) is 7.02. The van der Waals surface area contributed by atoms with Crippen LogP contribution in [0.3, 0.4) is 0 Å². The normalized spacial score (nSPS) is 19.2. The third-order valence-corrected chi connectivity index (χ3v) is 9.31. The summed E-state index contributed by atoms with van der Waals surface area (Å²) in [6.07, 6.45) is 0.720. The lowest BCUT2D eigenvalue weighted by Gasteiger charge is -2.23. The zero-order valence-electron chi connectivity index (χ0n) is 23.4. The number of hydrogen-bond acceptors (Lipinski definition) is 9. The largest absolute Gasteiger partial charge is 0.507 e. The van der Waals surface area contributed by atoms with Gasteiger partial charge in [0.2, 0.25) is 5.13 Å². The molecule has 1 N–H and O–H groups in total. The van der Waals surface area contributed by atoms with E-state index in [4.69, 9.17) is 9.47 Å². The number of hydrogen-bond donors (Lipinski definition) is 1. The van der Waals surface area contributed by atoms with Crippen molar-refractivity contribution in [1.29, 1.82) is 0 Å². The molecule has 1 saturated heterocycles. The lowest BCUT2D eigenvalue weighted by Crippen LogP contribution is -2.29. The maximum Gasteiger partial charge on any atom is 0.301 e. The first-order valence-electron chi connectivity index (χ1n) is 13.7. The van der Waals surface area contributed by atoms with E-state index in [1.54, 1.807) is 24.3 Å². The summed E-state index contributed by atoms with van der Waals surface area (Å²) in [6, 6.07) is 19.9. The van der Waals surface area contributed by atoms with Crippen LogP contribution in [0, 0.1) is 6.92 Å². The van der Waals surface area contributed by atoms with Gasteiger partial charge in [0.05, 0.1) is 18.2 Å².